The minimum absolute atomic E-state index is 0.546. The highest BCUT2D eigenvalue weighted by Gasteiger charge is 2.24. The summed E-state index contributed by atoms with van der Waals surface area (Å²) >= 11 is 1.80. The number of hydrogen-bond acceptors (Lipinski definition) is 6. The number of ether oxygens (including phenoxy) is 2. The van der Waals surface area contributed by atoms with E-state index in [0.29, 0.717) is 12.6 Å². The Morgan fingerprint density at radius 3 is 2.76 bits per heavy atom. The molecule has 5 nitrogen and oxygen atoms in total. The van der Waals surface area contributed by atoms with Gasteiger partial charge in [-0.2, -0.15) is 0 Å². The molecule has 0 unspecified atom stereocenters. The molecule has 1 saturated carbocycles. The predicted octanol–water partition coefficient (Wildman–Crippen LogP) is 2.16. The van der Waals surface area contributed by atoms with Gasteiger partial charge in [-0.3, -0.25) is 0 Å². The SMILES string of the molecule is COCc1nc(N(C)C2CCOCC2)sc1CNC1CC1. The molecule has 118 valence electrons. The lowest BCUT2D eigenvalue weighted by Gasteiger charge is -2.30. The number of methoxy groups -OCH3 is 1. The molecule has 0 radical (unpaired) electrons. The highest BCUT2D eigenvalue weighted by Crippen LogP contribution is 2.30. The van der Waals surface area contributed by atoms with Gasteiger partial charge in [0.2, 0.25) is 0 Å². The molecule has 6 heteroatoms. The number of nitrogens with one attached hydrogen (secondary N) is 1. The van der Waals surface area contributed by atoms with Gasteiger partial charge in [-0.05, 0) is 25.7 Å². The second-order valence-corrected chi connectivity index (χ2v) is 6.97. The number of anilines is 1. The van der Waals surface area contributed by atoms with Crippen LogP contribution in [-0.2, 0) is 22.6 Å². The van der Waals surface area contributed by atoms with E-state index >= 15 is 0 Å². The van der Waals surface area contributed by atoms with E-state index in [9.17, 15) is 0 Å². The third kappa shape index (κ3) is 3.94. The lowest BCUT2D eigenvalue weighted by Crippen LogP contribution is -2.36. The zero-order valence-corrected chi connectivity index (χ0v) is 13.7. The van der Waals surface area contributed by atoms with Crippen LogP contribution in [0.4, 0.5) is 5.13 Å². The largest absolute Gasteiger partial charge is 0.381 e. The molecule has 2 fully saturated rings. The molecule has 1 aliphatic heterocycles. The minimum Gasteiger partial charge on any atom is -0.381 e. The maximum atomic E-state index is 5.45. The van der Waals surface area contributed by atoms with Crippen LogP contribution in [0, 0.1) is 0 Å². The average molecular weight is 311 g/mol. The van der Waals surface area contributed by atoms with Crippen molar-refractivity contribution in [1.82, 2.24) is 10.3 Å². The molecule has 2 heterocycles. The van der Waals surface area contributed by atoms with E-state index in [2.05, 4.69) is 17.3 Å². The molecular formula is C15H25N3O2S. The smallest absolute Gasteiger partial charge is 0.185 e. The van der Waals surface area contributed by atoms with E-state index in [-0.39, 0.29) is 0 Å². The van der Waals surface area contributed by atoms with E-state index < -0.39 is 0 Å². The Morgan fingerprint density at radius 1 is 1.33 bits per heavy atom. The van der Waals surface area contributed by atoms with Crippen molar-refractivity contribution in [3.05, 3.63) is 10.6 Å². The second kappa shape index (κ2) is 7.05. The zero-order valence-electron chi connectivity index (χ0n) is 12.9. The van der Waals surface area contributed by atoms with Gasteiger partial charge in [0.05, 0.1) is 12.3 Å². The minimum atomic E-state index is 0.546. The van der Waals surface area contributed by atoms with Crippen molar-refractivity contribution < 1.29 is 9.47 Å². The molecule has 3 rings (SSSR count). The fourth-order valence-corrected chi connectivity index (χ4v) is 3.71. The van der Waals surface area contributed by atoms with Crippen molar-refractivity contribution in [2.24, 2.45) is 0 Å². The van der Waals surface area contributed by atoms with Crippen molar-refractivity contribution >= 4 is 16.5 Å². The standard InChI is InChI=1S/C15H25N3O2S/c1-18(12-5-7-20-8-6-12)15-17-13(10-19-2)14(21-15)9-16-11-3-4-11/h11-12,16H,3-10H2,1-2H3. The van der Waals surface area contributed by atoms with Crippen LogP contribution in [0.5, 0.6) is 0 Å². The summed E-state index contributed by atoms with van der Waals surface area (Å²) in [5.74, 6) is 0. The number of thiazole rings is 1. The summed E-state index contributed by atoms with van der Waals surface area (Å²) < 4.78 is 10.8. The first kappa shape index (κ1) is 15.2. The molecule has 0 aromatic carbocycles. The molecule has 21 heavy (non-hydrogen) atoms. The normalized spacial score (nSPS) is 19.9. The zero-order chi connectivity index (χ0) is 14.7. The quantitative estimate of drug-likeness (QED) is 0.836. The molecule has 0 bridgehead atoms. The molecule has 1 N–H and O–H groups in total. The van der Waals surface area contributed by atoms with E-state index in [4.69, 9.17) is 14.5 Å². The highest BCUT2D eigenvalue weighted by atomic mass is 32.1. The van der Waals surface area contributed by atoms with Gasteiger partial charge in [-0.25, -0.2) is 4.98 Å². The van der Waals surface area contributed by atoms with Crippen molar-refractivity contribution in [2.75, 3.05) is 32.3 Å². The van der Waals surface area contributed by atoms with Crippen molar-refractivity contribution in [3.8, 4) is 0 Å². The van der Waals surface area contributed by atoms with Gasteiger partial charge in [0.25, 0.3) is 0 Å². The molecule has 0 atom stereocenters. The Balaban J connectivity index is 1.69. The van der Waals surface area contributed by atoms with Crippen molar-refractivity contribution in [2.45, 2.75) is 50.9 Å². The summed E-state index contributed by atoms with van der Waals surface area (Å²) in [5.41, 5.74) is 1.09. The summed E-state index contributed by atoms with van der Waals surface area (Å²) in [4.78, 5) is 8.46. The summed E-state index contributed by atoms with van der Waals surface area (Å²) in [7, 11) is 3.89. The van der Waals surface area contributed by atoms with Crippen LogP contribution >= 0.6 is 11.3 Å². The Labute approximate surface area is 130 Å². The Hall–Kier alpha value is -0.690. The van der Waals surface area contributed by atoms with E-state index in [1.165, 1.54) is 17.7 Å². The van der Waals surface area contributed by atoms with Crippen molar-refractivity contribution in [1.29, 1.82) is 0 Å². The third-order valence-corrected chi connectivity index (χ3v) is 5.41. The van der Waals surface area contributed by atoms with Gasteiger partial charge in [0.15, 0.2) is 5.13 Å². The van der Waals surface area contributed by atoms with E-state index in [1.54, 1.807) is 18.4 Å². The summed E-state index contributed by atoms with van der Waals surface area (Å²) in [6.45, 7) is 3.24. The van der Waals surface area contributed by atoms with E-state index in [1.807, 2.05) is 0 Å². The predicted molar refractivity (Wildman–Crippen MR) is 84.9 cm³/mol. The molecule has 1 aromatic heterocycles. The topological polar surface area (TPSA) is 46.6 Å². The van der Waals surface area contributed by atoms with Gasteiger partial charge in [0, 0.05) is 50.9 Å². The van der Waals surface area contributed by atoms with Crippen LogP contribution < -0.4 is 10.2 Å². The van der Waals surface area contributed by atoms with Crippen LogP contribution in [0.15, 0.2) is 0 Å². The van der Waals surface area contributed by atoms with Crippen LogP contribution in [-0.4, -0.2) is 44.4 Å². The number of aromatic nitrogens is 1. The van der Waals surface area contributed by atoms with Gasteiger partial charge in [0.1, 0.15) is 0 Å². The third-order valence-electron chi connectivity index (χ3n) is 4.22. The molecular weight excluding hydrogens is 286 g/mol. The lowest BCUT2D eigenvalue weighted by atomic mass is 10.1. The molecule has 1 aliphatic carbocycles. The highest BCUT2D eigenvalue weighted by molar-refractivity contribution is 7.15. The van der Waals surface area contributed by atoms with Crippen LogP contribution in [0.1, 0.15) is 36.3 Å². The number of rotatable bonds is 7. The van der Waals surface area contributed by atoms with Gasteiger partial charge >= 0.3 is 0 Å². The number of hydrogen-bond donors (Lipinski definition) is 1. The van der Waals surface area contributed by atoms with E-state index in [0.717, 1.165) is 49.5 Å². The van der Waals surface area contributed by atoms with Crippen LogP contribution in [0.3, 0.4) is 0 Å². The average Bonchev–Trinajstić information content (AvgIpc) is 3.27. The Morgan fingerprint density at radius 2 is 2.10 bits per heavy atom. The Kier molecular flexibility index (Phi) is 5.11. The molecule has 0 spiro atoms. The van der Waals surface area contributed by atoms with Gasteiger partial charge in [-0.1, -0.05) is 0 Å². The van der Waals surface area contributed by atoms with Crippen LogP contribution in [0.25, 0.3) is 0 Å². The molecule has 1 saturated heterocycles. The second-order valence-electron chi connectivity index (χ2n) is 5.91. The summed E-state index contributed by atoms with van der Waals surface area (Å²) in [6.07, 6.45) is 4.80. The van der Waals surface area contributed by atoms with Gasteiger partial charge < -0.3 is 19.7 Å². The van der Waals surface area contributed by atoms with Gasteiger partial charge in [-0.15, -0.1) is 11.3 Å². The van der Waals surface area contributed by atoms with Crippen molar-refractivity contribution in [3.63, 3.8) is 0 Å². The first-order valence-corrected chi connectivity index (χ1v) is 8.61. The maximum absolute atomic E-state index is 5.45. The lowest BCUT2D eigenvalue weighted by molar-refractivity contribution is 0.0854. The summed E-state index contributed by atoms with van der Waals surface area (Å²) in [5, 5.41) is 4.69. The number of nitrogens with zero attached hydrogens (tertiary/aromatic N) is 2. The first-order valence-electron chi connectivity index (χ1n) is 7.79. The van der Waals surface area contributed by atoms with Crippen LogP contribution in [0.2, 0.25) is 0 Å². The maximum Gasteiger partial charge on any atom is 0.185 e. The molecule has 1 aromatic rings. The fraction of sp³-hybridized carbons (Fsp3) is 0.800. The monoisotopic (exact) mass is 311 g/mol. The Bertz CT molecular complexity index is 456. The molecule has 0 amide bonds. The molecule has 2 aliphatic rings. The first-order chi connectivity index (χ1) is 10.3. The fourth-order valence-electron chi connectivity index (χ4n) is 2.66. The summed E-state index contributed by atoms with van der Waals surface area (Å²) in [6, 6.07) is 1.27.